The molecule has 1 atom stereocenters. The summed E-state index contributed by atoms with van der Waals surface area (Å²) in [4.78, 5) is 42.5. The van der Waals surface area contributed by atoms with Crippen LogP contribution in [-0.4, -0.2) is 67.3 Å². The van der Waals surface area contributed by atoms with Gasteiger partial charge in [0, 0.05) is 36.3 Å². The second-order valence-corrected chi connectivity index (χ2v) is 10.0. The molecule has 0 amide bonds. The van der Waals surface area contributed by atoms with Gasteiger partial charge in [0.15, 0.2) is 5.65 Å². The van der Waals surface area contributed by atoms with Crippen molar-refractivity contribution in [3.63, 3.8) is 0 Å². The summed E-state index contributed by atoms with van der Waals surface area (Å²) in [5.74, 6) is -1.95. The Morgan fingerprint density at radius 2 is 1.86 bits per heavy atom. The number of carboxylic acid groups (broad SMARTS) is 2. The number of likely N-dealkylation sites (tertiary alicyclic amines) is 1. The standard InChI is InChI=1S/C28H29N5O3.C2H2O4/c34-27-21(18-20-6-1-2-10-25(20)36-27)11-15-32-14-4-7-22(12-16-32)30-28-31-24-9-3-13-29-26(24)33(28)19-23-8-5-17-35-23;3-1(4)2(5)6/h1-3,5-6,8-10,13,17-18,22H,4,7,11-12,14-16,19H2,(H,30,31);(H,3,4)(H,5,6). The predicted octanol–water partition coefficient (Wildman–Crippen LogP) is 3.84. The van der Waals surface area contributed by atoms with Crippen molar-refractivity contribution in [2.24, 2.45) is 0 Å². The number of benzene rings is 1. The average Bonchev–Trinajstić information content (AvgIpc) is 3.55. The first kappa shape index (κ1) is 28.6. The van der Waals surface area contributed by atoms with Gasteiger partial charge in [-0.3, -0.25) is 4.57 Å². The number of anilines is 1. The van der Waals surface area contributed by atoms with Crippen LogP contribution < -0.4 is 10.9 Å². The van der Waals surface area contributed by atoms with Crippen LogP contribution in [0.2, 0.25) is 0 Å². The van der Waals surface area contributed by atoms with Gasteiger partial charge in [0.25, 0.3) is 0 Å². The van der Waals surface area contributed by atoms with Crippen LogP contribution in [0.4, 0.5) is 5.95 Å². The quantitative estimate of drug-likeness (QED) is 0.191. The number of carbonyl (C=O) groups is 2. The largest absolute Gasteiger partial charge is 0.473 e. The molecule has 1 unspecified atom stereocenters. The molecule has 1 aromatic carbocycles. The van der Waals surface area contributed by atoms with Crippen molar-refractivity contribution < 1.29 is 28.6 Å². The molecule has 0 radical (unpaired) electrons. The molecule has 1 aliphatic heterocycles. The van der Waals surface area contributed by atoms with Crippen LogP contribution in [0.1, 0.15) is 30.6 Å². The summed E-state index contributed by atoms with van der Waals surface area (Å²) in [5, 5.41) is 19.4. The zero-order chi connectivity index (χ0) is 29.5. The zero-order valence-corrected chi connectivity index (χ0v) is 22.8. The number of pyridine rings is 1. The van der Waals surface area contributed by atoms with Crippen molar-refractivity contribution in [2.75, 3.05) is 25.0 Å². The van der Waals surface area contributed by atoms with Crippen LogP contribution in [0.15, 0.2) is 80.7 Å². The van der Waals surface area contributed by atoms with Crippen LogP contribution in [0.3, 0.4) is 0 Å². The third-order valence-corrected chi connectivity index (χ3v) is 7.15. The summed E-state index contributed by atoms with van der Waals surface area (Å²) in [6.07, 6.45) is 7.33. The number of nitrogens with one attached hydrogen (secondary N) is 1. The summed E-state index contributed by atoms with van der Waals surface area (Å²) in [6.45, 7) is 3.40. The molecule has 5 aromatic rings. The topological polar surface area (TPSA) is 164 Å². The number of nitrogens with zero attached hydrogens (tertiary/aromatic N) is 4. The molecular formula is C30H31N5O7. The van der Waals surface area contributed by atoms with Crippen molar-refractivity contribution in [1.82, 2.24) is 19.4 Å². The molecule has 5 heterocycles. The fraction of sp³-hybridized carbons (Fsp3) is 0.300. The van der Waals surface area contributed by atoms with E-state index in [0.29, 0.717) is 24.6 Å². The van der Waals surface area contributed by atoms with E-state index in [9.17, 15) is 4.79 Å². The third kappa shape index (κ3) is 7.02. The molecule has 12 heteroatoms. The minimum absolute atomic E-state index is 0.230. The third-order valence-electron chi connectivity index (χ3n) is 7.15. The average molecular weight is 574 g/mol. The second-order valence-electron chi connectivity index (χ2n) is 10.0. The van der Waals surface area contributed by atoms with E-state index in [4.69, 9.17) is 33.6 Å². The van der Waals surface area contributed by atoms with E-state index in [1.807, 2.05) is 54.6 Å². The van der Waals surface area contributed by atoms with E-state index >= 15 is 0 Å². The highest BCUT2D eigenvalue weighted by Crippen LogP contribution is 2.23. The molecule has 218 valence electrons. The summed E-state index contributed by atoms with van der Waals surface area (Å²) >= 11 is 0. The number of rotatable bonds is 7. The molecule has 0 spiro atoms. The van der Waals surface area contributed by atoms with E-state index in [1.165, 1.54) is 0 Å². The maximum atomic E-state index is 12.4. The van der Waals surface area contributed by atoms with Crippen LogP contribution in [-0.2, 0) is 22.6 Å². The van der Waals surface area contributed by atoms with Crippen molar-refractivity contribution in [3.05, 3.63) is 88.8 Å². The minimum Gasteiger partial charge on any atom is -0.473 e. The predicted molar refractivity (Wildman–Crippen MR) is 154 cm³/mol. The van der Waals surface area contributed by atoms with E-state index < -0.39 is 11.9 Å². The highest BCUT2D eigenvalue weighted by Gasteiger charge is 2.21. The van der Waals surface area contributed by atoms with Gasteiger partial charge < -0.3 is 29.3 Å². The molecule has 42 heavy (non-hydrogen) atoms. The molecule has 12 nitrogen and oxygen atoms in total. The summed E-state index contributed by atoms with van der Waals surface area (Å²) in [5.41, 5.74) is 2.87. The molecular weight excluding hydrogens is 542 g/mol. The van der Waals surface area contributed by atoms with Crippen molar-refractivity contribution in [2.45, 2.75) is 38.3 Å². The smallest absolute Gasteiger partial charge is 0.414 e. The van der Waals surface area contributed by atoms with E-state index in [0.717, 1.165) is 72.7 Å². The summed E-state index contributed by atoms with van der Waals surface area (Å²) in [6, 6.07) is 17.7. The van der Waals surface area contributed by atoms with Crippen LogP contribution >= 0.6 is 0 Å². The fourth-order valence-corrected chi connectivity index (χ4v) is 5.04. The van der Waals surface area contributed by atoms with Gasteiger partial charge in [-0.25, -0.2) is 24.4 Å². The Labute approximate surface area is 240 Å². The van der Waals surface area contributed by atoms with Crippen LogP contribution in [0.5, 0.6) is 0 Å². The molecule has 4 aromatic heterocycles. The van der Waals surface area contributed by atoms with Crippen LogP contribution in [0.25, 0.3) is 22.1 Å². The molecule has 0 bridgehead atoms. The van der Waals surface area contributed by atoms with Crippen molar-refractivity contribution in [1.29, 1.82) is 0 Å². The maximum absolute atomic E-state index is 12.4. The van der Waals surface area contributed by atoms with Gasteiger partial charge in [-0.15, -0.1) is 0 Å². The Morgan fingerprint density at radius 1 is 1.02 bits per heavy atom. The number of fused-ring (bicyclic) bond motifs is 2. The molecule has 1 fully saturated rings. The number of aliphatic carboxylic acids is 2. The lowest BCUT2D eigenvalue weighted by molar-refractivity contribution is -0.159. The van der Waals surface area contributed by atoms with Gasteiger partial charge >= 0.3 is 17.6 Å². The Bertz CT molecular complexity index is 1720. The number of hydrogen-bond acceptors (Lipinski definition) is 9. The maximum Gasteiger partial charge on any atom is 0.414 e. The van der Waals surface area contributed by atoms with E-state index in [1.54, 1.807) is 12.5 Å². The SMILES string of the molecule is O=C(O)C(=O)O.O=c1oc2ccccc2cc1CCN1CCCC(Nc2nc3cccnc3n2Cc2ccco2)CC1. The van der Waals surface area contributed by atoms with Crippen LogP contribution in [0, 0.1) is 0 Å². The van der Waals surface area contributed by atoms with E-state index in [-0.39, 0.29) is 5.63 Å². The minimum atomic E-state index is -1.82. The molecule has 3 N–H and O–H groups in total. The molecule has 1 aliphatic rings. The monoisotopic (exact) mass is 573 g/mol. The van der Waals surface area contributed by atoms with E-state index in [2.05, 4.69) is 19.8 Å². The molecule has 0 aliphatic carbocycles. The van der Waals surface area contributed by atoms with Gasteiger partial charge in [0.2, 0.25) is 5.95 Å². The zero-order valence-electron chi connectivity index (χ0n) is 22.8. The summed E-state index contributed by atoms with van der Waals surface area (Å²) in [7, 11) is 0. The van der Waals surface area contributed by atoms with Crippen molar-refractivity contribution >= 4 is 40.0 Å². The van der Waals surface area contributed by atoms with Crippen molar-refractivity contribution in [3.8, 4) is 0 Å². The van der Waals surface area contributed by atoms with Gasteiger partial charge in [-0.2, -0.15) is 0 Å². The number of carboxylic acids is 2. The summed E-state index contributed by atoms with van der Waals surface area (Å²) < 4.78 is 13.2. The second kappa shape index (κ2) is 13.1. The van der Waals surface area contributed by atoms with Gasteiger partial charge in [0.1, 0.15) is 16.9 Å². The lowest BCUT2D eigenvalue weighted by atomic mass is 10.1. The number of aromatic nitrogens is 3. The molecule has 0 saturated carbocycles. The Morgan fingerprint density at radius 3 is 2.64 bits per heavy atom. The lowest BCUT2D eigenvalue weighted by Gasteiger charge is -2.20. The Hall–Kier alpha value is -4.97. The highest BCUT2D eigenvalue weighted by molar-refractivity contribution is 6.27. The first-order chi connectivity index (χ1) is 20.4. The van der Waals surface area contributed by atoms with Gasteiger partial charge in [-0.05, 0) is 68.6 Å². The van der Waals surface area contributed by atoms with Gasteiger partial charge in [-0.1, -0.05) is 18.2 Å². The lowest BCUT2D eigenvalue weighted by Crippen LogP contribution is -2.29. The first-order valence-corrected chi connectivity index (χ1v) is 13.7. The number of imidazole rings is 1. The normalized spacial score (nSPS) is 15.6. The fourth-order valence-electron chi connectivity index (χ4n) is 5.04. The first-order valence-electron chi connectivity index (χ1n) is 13.7. The molecule has 6 rings (SSSR count). The number of hydrogen-bond donors (Lipinski definition) is 3. The molecule has 1 saturated heterocycles. The number of furan rings is 1. The Kier molecular flexibility index (Phi) is 8.93. The van der Waals surface area contributed by atoms with Gasteiger partial charge in [0.05, 0.1) is 12.8 Å². The number of para-hydroxylation sites is 1. The Balaban J connectivity index is 0.000000535. The highest BCUT2D eigenvalue weighted by atomic mass is 16.4.